The van der Waals surface area contributed by atoms with Crippen LogP contribution in [0.1, 0.15) is 29.7 Å². The summed E-state index contributed by atoms with van der Waals surface area (Å²) in [6.45, 7) is 1.69. The topological polar surface area (TPSA) is 91.4 Å². The van der Waals surface area contributed by atoms with E-state index in [4.69, 9.17) is 27.9 Å². The zero-order valence-corrected chi connectivity index (χ0v) is 25.3. The SMILES string of the molecule is Cc1nsc(-c2cc(F)c(-c3ccc(C4(C(=O)[O-])CC4)cc3)cc2Cl)c1NC(=O)OCc1ccccc1Cl.[Na+]. The number of halogens is 3. The Labute approximate surface area is 260 Å². The third kappa shape index (κ3) is 6.01. The molecular formula is C28H20Cl2FN2NaO4S. The van der Waals surface area contributed by atoms with Crippen molar-refractivity contribution in [3.05, 3.63) is 93.3 Å². The van der Waals surface area contributed by atoms with E-state index < -0.39 is 23.3 Å². The van der Waals surface area contributed by atoms with Crippen molar-refractivity contribution in [3.8, 4) is 21.6 Å². The molecule has 6 nitrogen and oxygen atoms in total. The number of hydrogen-bond donors (Lipinski definition) is 1. The molecule has 0 bridgehead atoms. The standard InChI is InChI=1S/C28H21Cl2FN2O4S.Na/c1-15-24(32-27(36)37-14-17-4-2-3-5-21(17)29)25(38-33-15)20-13-23(31)19(12-22(20)30)16-6-8-18(9-7-16)28(10-11-28)26(34)35;/h2-9,12-13H,10-11,14H2,1H3,(H,32,36)(H,34,35);/q;+1/p-1. The average Bonchev–Trinajstić information content (AvgIpc) is 3.65. The third-order valence-corrected chi connectivity index (χ3v) is 8.25. The number of amides is 1. The Kier molecular flexibility index (Phi) is 9.05. The number of carboxylic acid groups (broad SMARTS) is 1. The van der Waals surface area contributed by atoms with Crippen molar-refractivity contribution < 1.29 is 53.4 Å². The summed E-state index contributed by atoms with van der Waals surface area (Å²) in [5.41, 5.74) is 2.43. The van der Waals surface area contributed by atoms with Crippen LogP contribution in [0.3, 0.4) is 0 Å². The Morgan fingerprint density at radius 1 is 1.08 bits per heavy atom. The van der Waals surface area contributed by atoms with Crippen LogP contribution < -0.4 is 40.0 Å². The Balaban J connectivity index is 0.00000353. The predicted octanol–water partition coefficient (Wildman–Crippen LogP) is 3.77. The largest absolute Gasteiger partial charge is 1.00 e. The van der Waals surface area contributed by atoms with Gasteiger partial charge in [-0.25, -0.2) is 9.18 Å². The Bertz CT molecular complexity index is 1560. The number of ether oxygens (including phenoxy) is 1. The summed E-state index contributed by atoms with van der Waals surface area (Å²) in [6, 6.07) is 16.5. The number of hydrogen-bond acceptors (Lipinski definition) is 6. The third-order valence-electron chi connectivity index (χ3n) is 6.60. The minimum Gasteiger partial charge on any atom is -0.549 e. The number of aliphatic carboxylic acids is 1. The fraction of sp³-hybridized carbons (Fsp3) is 0.179. The maximum atomic E-state index is 15.3. The molecule has 1 fully saturated rings. The van der Waals surface area contributed by atoms with Crippen LogP contribution in [0, 0.1) is 12.7 Å². The minimum absolute atomic E-state index is 0. The summed E-state index contributed by atoms with van der Waals surface area (Å²) < 4.78 is 24.9. The van der Waals surface area contributed by atoms with Crippen LogP contribution in [-0.2, 0) is 21.6 Å². The molecule has 1 heterocycles. The molecule has 11 heteroatoms. The second-order valence-corrected chi connectivity index (χ2v) is 10.6. The van der Waals surface area contributed by atoms with Gasteiger partial charge in [0.15, 0.2) is 0 Å². The molecule has 1 amide bonds. The van der Waals surface area contributed by atoms with Crippen molar-refractivity contribution in [3.63, 3.8) is 0 Å². The molecule has 0 atom stereocenters. The van der Waals surface area contributed by atoms with Crippen molar-refractivity contribution in [2.75, 3.05) is 5.32 Å². The first kappa shape index (κ1) is 29.5. The molecule has 1 aromatic heterocycles. The van der Waals surface area contributed by atoms with Gasteiger partial charge in [-0.15, -0.1) is 0 Å². The van der Waals surface area contributed by atoms with Crippen molar-refractivity contribution >= 4 is 52.5 Å². The van der Waals surface area contributed by atoms with E-state index in [-0.39, 0.29) is 46.8 Å². The quantitative estimate of drug-likeness (QED) is 0.330. The Morgan fingerprint density at radius 2 is 1.77 bits per heavy atom. The summed E-state index contributed by atoms with van der Waals surface area (Å²) in [5, 5.41) is 14.9. The normalized spacial score (nSPS) is 13.3. The first-order chi connectivity index (χ1) is 18.2. The number of carboxylic acids is 1. The van der Waals surface area contributed by atoms with Gasteiger partial charge in [0.2, 0.25) is 0 Å². The summed E-state index contributed by atoms with van der Waals surface area (Å²) in [5.74, 6) is -1.63. The number of carbonyl (C=O) groups excluding carboxylic acids is 2. The van der Waals surface area contributed by atoms with Gasteiger partial charge in [-0.3, -0.25) is 5.32 Å². The van der Waals surface area contributed by atoms with Crippen molar-refractivity contribution in [2.24, 2.45) is 0 Å². The molecule has 194 valence electrons. The zero-order valence-electron chi connectivity index (χ0n) is 21.0. The summed E-state index contributed by atoms with van der Waals surface area (Å²) in [7, 11) is 0. The van der Waals surface area contributed by atoms with Crippen LogP contribution in [0.25, 0.3) is 21.6 Å². The second kappa shape index (κ2) is 12.0. The number of anilines is 1. The van der Waals surface area contributed by atoms with Crippen LogP contribution in [0.4, 0.5) is 14.9 Å². The number of carbonyl (C=O) groups is 2. The summed E-state index contributed by atoms with van der Waals surface area (Å²) in [4.78, 5) is 24.5. The molecule has 1 aliphatic rings. The van der Waals surface area contributed by atoms with E-state index in [1.807, 2.05) is 0 Å². The van der Waals surface area contributed by atoms with Crippen molar-refractivity contribution in [2.45, 2.75) is 31.8 Å². The second-order valence-electron chi connectivity index (χ2n) is 9.02. The van der Waals surface area contributed by atoms with Gasteiger partial charge in [0, 0.05) is 27.1 Å². The number of rotatable bonds is 7. The summed E-state index contributed by atoms with van der Waals surface area (Å²) in [6.07, 6.45) is 0.344. The molecule has 0 unspecified atom stereocenters. The maximum absolute atomic E-state index is 15.3. The number of aromatic nitrogens is 1. The van der Waals surface area contributed by atoms with Crippen LogP contribution in [0.5, 0.6) is 0 Å². The molecular weight excluding hydrogens is 573 g/mol. The smallest absolute Gasteiger partial charge is 0.549 e. The molecule has 1 saturated carbocycles. The van der Waals surface area contributed by atoms with Gasteiger partial charge in [-0.2, -0.15) is 4.37 Å². The van der Waals surface area contributed by atoms with Crippen molar-refractivity contribution in [1.29, 1.82) is 0 Å². The molecule has 0 aliphatic heterocycles. The fourth-order valence-electron chi connectivity index (χ4n) is 4.24. The van der Waals surface area contributed by atoms with Crippen LogP contribution in [-0.4, -0.2) is 16.4 Å². The monoisotopic (exact) mass is 592 g/mol. The van der Waals surface area contributed by atoms with E-state index in [9.17, 15) is 14.7 Å². The van der Waals surface area contributed by atoms with E-state index in [2.05, 4.69) is 9.69 Å². The molecule has 0 spiro atoms. The first-order valence-corrected chi connectivity index (χ1v) is 13.2. The van der Waals surface area contributed by atoms with Gasteiger partial charge in [0.1, 0.15) is 12.4 Å². The van der Waals surface area contributed by atoms with E-state index in [1.54, 1.807) is 55.5 Å². The van der Waals surface area contributed by atoms with E-state index in [0.29, 0.717) is 56.4 Å². The summed E-state index contributed by atoms with van der Waals surface area (Å²) >= 11 is 13.8. The molecule has 4 aromatic rings. The number of nitrogens with one attached hydrogen (secondary N) is 1. The van der Waals surface area contributed by atoms with Gasteiger partial charge in [-0.05, 0) is 60.6 Å². The number of benzene rings is 3. The molecule has 0 radical (unpaired) electrons. The minimum atomic E-state index is -1.10. The fourth-order valence-corrected chi connectivity index (χ4v) is 5.63. The molecule has 1 N–H and O–H groups in total. The first-order valence-electron chi connectivity index (χ1n) is 11.6. The Morgan fingerprint density at radius 3 is 2.41 bits per heavy atom. The van der Waals surface area contributed by atoms with Crippen LogP contribution in [0.2, 0.25) is 10.0 Å². The molecule has 5 rings (SSSR count). The van der Waals surface area contributed by atoms with Crippen molar-refractivity contribution in [1.82, 2.24) is 4.37 Å². The predicted molar refractivity (Wildman–Crippen MR) is 144 cm³/mol. The van der Waals surface area contributed by atoms with E-state index in [0.717, 1.165) is 11.5 Å². The molecule has 0 saturated heterocycles. The Hall–Kier alpha value is -2.46. The maximum Gasteiger partial charge on any atom is 1.00 e. The van der Waals surface area contributed by atoms with Gasteiger partial charge >= 0.3 is 35.7 Å². The average molecular weight is 593 g/mol. The van der Waals surface area contributed by atoms with E-state index >= 15 is 4.39 Å². The molecule has 39 heavy (non-hydrogen) atoms. The van der Waals surface area contributed by atoms with Crippen LogP contribution in [0.15, 0.2) is 60.7 Å². The van der Waals surface area contributed by atoms with Crippen LogP contribution >= 0.6 is 34.7 Å². The molecule has 3 aromatic carbocycles. The van der Waals surface area contributed by atoms with E-state index in [1.165, 1.54) is 12.1 Å². The van der Waals surface area contributed by atoms with Gasteiger partial charge in [0.05, 0.1) is 27.3 Å². The number of nitrogens with zero attached hydrogens (tertiary/aromatic N) is 1. The van der Waals surface area contributed by atoms with Gasteiger partial charge in [0.25, 0.3) is 0 Å². The van der Waals surface area contributed by atoms with Gasteiger partial charge < -0.3 is 14.6 Å². The number of aryl methyl sites for hydroxylation is 1. The van der Waals surface area contributed by atoms with Gasteiger partial charge in [-0.1, -0.05) is 65.7 Å². The molecule has 1 aliphatic carbocycles. The zero-order chi connectivity index (χ0) is 27.0.